The Labute approximate surface area is 73.4 Å². The lowest BCUT2D eigenvalue weighted by Gasteiger charge is -2.25. The van der Waals surface area contributed by atoms with Gasteiger partial charge >= 0.3 is 0 Å². The Morgan fingerprint density at radius 3 is 2.67 bits per heavy atom. The van der Waals surface area contributed by atoms with Crippen LogP contribution in [-0.4, -0.2) is 35.6 Å². The van der Waals surface area contributed by atoms with Gasteiger partial charge in [-0.1, -0.05) is 6.92 Å². The van der Waals surface area contributed by atoms with E-state index in [1.165, 1.54) is 12.8 Å². The number of amides is 1. The first-order chi connectivity index (χ1) is 5.81. The molecular weight excluding hydrogens is 154 g/mol. The van der Waals surface area contributed by atoms with Crippen molar-refractivity contribution in [2.24, 2.45) is 5.92 Å². The van der Waals surface area contributed by atoms with Crippen molar-refractivity contribution in [3.63, 3.8) is 0 Å². The van der Waals surface area contributed by atoms with E-state index in [0.717, 1.165) is 19.4 Å². The SMILES string of the molecule is CC[C@H](CO)N(C=O)CC1CC1. The molecule has 1 atom stereocenters. The Morgan fingerprint density at radius 1 is 1.67 bits per heavy atom. The first-order valence-corrected chi connectivity index (χ1v) is 4.63. The van der Waals surface area contributed by atoms with Crippen molar-refractivity contribution in [1.29, 1.82) is 0 Å². The summed E-state index contributed by atoms with van der Waals surface area (Å²) in [7, 11) is 0. The van der Waals surface area contributed by atoms with Crippen molar-refractivity contribution in [1.82, 2.24) is 4.90 Å². The van der Waals surface area contributed by atoms with Crippen LogP contribution in [-0.2, 0) is 4.79 Å². The average Bonchev–Trinajstić information content (AvgIpc) is 2.88. The minimum atomic E-state index is 0.0306. The van der Waals surface area contributed by atoms with Gasteiger partial charge in [0.25, 0.3) is 0 Å². The third-order valence-corrected chi connectivity index (χ3v) is 2.45. The van der Waals surface area contributed by atoms with Crippen LogP contribution in [0.1, 0.15) is 26.2 Å². The van der Waals surface area contributed by atoms with Gasteiger partial charge in [0.2, 0.25) is 6.41 Å². The predicted octanol–water partition coefficient (Wildman–Crippen LogP) is 0.626. The summed E-state index contributed by atoms with van der Waals surface area (Å²) < 4.78 is 0. The highest BCUT2D eigenvalue weighted by atomic mass is 16.3. The van der Waals surface area contributed by atoms with Gasteiger partial charge in [-0.15, -0.1) is 0 Å². The molecule has 12 heavy (non-hydrogen) atoms. The molecule has 3 heteroatoms. The van der Waals surface area contributed by atoms with E-state index in [0.29, 0.717) is 5.92 Å². The van der Waals surface area contributed by atoms with Gasteiger partial charge in [0.15, 0.2) is 0 Å². The Hall–Kier alpha value is -0.570. The number of carbonyl (C=O) groups is 1. The van der Waals surface area contributed by atoms with Gasteiger partial charge in [-0.05, 0) is 25.2 Å². The van der Waals surface area contributed by atoms with E-state index in [4.69, 9.17) is 5.11 Å². The third kappa shape index (κ3) is 2.48. The lowest BCUT2D eigenvalue weighted by molar-refractivity contribution is -0.121. The fraction of sp³-hybridized carbons (Fsp3) is 0.889. The molecular formula is C9H17NO2. The molecule has 1 fully saturated rings. The summed E-state index contributed by atoms with van der Waals surface area (Å²) in [6, 6.07) is 0.0306. The highest BCUT2D eigenvalue weighted by molar-refractivity contribution is 5.47. The fourth-order valence-electron chi connectivity index (χ4n) is 1.35. The molecule has 1 aliphatic carbocycles. The lowest BCUT2D eigenvalue weighted by atomic mass is 10.2. The van der Waals surface area contributed by atoms with Gasteiger partial charge in [0.1, 0.15) is 0 Å². The number of aliphatic hydroxyl groups excluding tert-OH is 1. The summed E-state index contributed by atoms with van der Waals surface area (Å²) in [5.74, 6) is 0.704. The largest absolute Gasteiger partial charge is 0.394 e. The highest BCUT2D eigenvalue weighted by Crippen LogP contribution is 2.29. The van der Waals surface area contributed by atoms with Crippen LogP contribution >= 0.6 is 0 Å². The zero-order valence-corrected chi connectivity index (χ0v) is 7.57. The Bertz CT molecular complexity index is 141. The molecule has 1 N–H and O–H groups in total. The Morgan fingerprint density at radius 2 is 2.33 bits per heavy atom. The van der Waals surface area contributed by atoms with Crippen LogP contribution < -0.4 is 0 Å². The third-order valence-electron chi connectivity index (χ3n) is 2.45. The molecule has 0 aromatic carbocycles. The van der Waals surface area contributed by atoms with E-state index in [1.54, 1.807) is 4.90 Å². The molecule has 0 aromatic rings. The maximum absolute atomic E-state index is 10.6. The first kappa shape index (κ1) is 9.52. The predicted molar refractivity (Wildman–Crippen MR) is 46.7 cm³/mol. The van der Waals surface area contributed by atoms with E-state index in [9.17, 15) is 4.79 Å². The summed E-state index contributed by atoms with van der Waals surface area (Å²) in [4.78, 5) is 12.4. The van der Waals surface area contributed by atoms with E-state index in [1.807, 2.05) is 6.92 Å². The molecule has 0 radical (unpaired) electrons. The van der Waals surface area contributed by atoms with Crippen LogP contribution in [0.3, 0.4) is 0 Å². The summed E-state index contributed by atoms with van der Waals surface area (Å²) in [6.07, 6.45) is 4.18. The van der Waals surface area contributed by atoms with Crippen molar-refractivity contribution in [2.75, 3.05) is 13.2 Å². The van der Waals surface area contributed by atoms with Crippen molar-refractivity contribution in [2.45, 2.75) is 32.2 Å². The Kier molecular flexibility index (Phi) is 3.53. The second kappa shape index (κ2) is 4.45. The normalized spacial score (nSPS) is 18.8. The van der Waals surface area contributed by atoms with Crippen LogP contribution in [0, 0.1) is 5.92 Å². The van der Waals surface area contributed by atoms with Gasteiger partial charge in [-0.3, -0.25) is 4.79 Å². The summed E-state index contributed by atoms with van der Waals surface area (Å²) in [5, 5.41) is 8.96. The van der Waals surface area contributed by atoms with Crippen LogP contribution in [0.25, 0.3) is 0 Å². The monoisotopic (exact) mass is 171 g/mol. The summed E-state index contributed by atoms with van der Waals surface area (Å²) in [5.41, 5.74) is 0. The number of rotatable bonds is 6. The molecule has 0 bridgehead atoms. The number of aliphatic hydroxyl groups is 1. The van der Waals surface area contributed by atoms with E-state index in [2.05, 4.69) is 0 Å². The summed E-state index contributed by atoms with van der Waals surface area (Å²) in [6.45, 7) is 2.91. The van der Waals surface area contributed by atoms with Crippen molar-refractivity contribution in [3.05, 3.63) is 0 Å². The number of hydrogen-bond acceptors (Lipinski definition) is 2. The molecule has 0 aromatic heterocycles. The maximum atomic E-state index is 10.6. The van der Waals surface area contributed by atoms with Crippen molar-refractivity contribution < 1.29 is 9.90 Å². The average molecular weight is 171 g/mol. The molecule has 1 amide bonds. The van der Waals surface area contributed by atoms with Gasteiger partial charge in [0, 0.05) is 6.54 Å². The molecule has 0 heterocycles. The van der Waals surface area contributed by atoms with E-state index >= 15 is 0 Å². The number of carbonyl (C=O) groups excluding carboxylic acids is 1. The topological polar surface area (TPSA) is 40.5 Å². The smallest absolute Gasteiger partial charge is 0.210 e. The molecule has 1 aliphatic rings. The molecule has 70 valence electrons. The van der Waals surface area contributed by atoms with Crippen molar-refractivity contribution in [3.8, 4) is 0 Å². The maximum Gasteiger partial charge on any atom is 0.210 e. The van der Waals surface area contributed by atoms with Gasteiger partial charge in [-0.2, -0.15) is 0 Å². The molecule has 1 saturated carbocycles. The van der Waals surface area contributed by atoms with Gasteiger partial charge < -0.3 is 10.0 Å². The standard InChI is InChI=1S/C9H17NO2/c1-2-9(6-11)10(7-12)5-8-3-4-8/h7-9,11H,2-6H2,1H3/t9-/m1/s1. The van der Waals surface area contributed by atoms with E-state index in [-0.39, 0.29) is 12.6 Å². The zero-order chi connectivity index (χ0) is 8.97. The van der Waals surface area contributed by atoms with Crippen molar-refractivity contribution >= 4 is 6.41 Å². The quantitative estimate of drug-likeness (QED) is 0.595. The van der Waals surface area contributed by atoms with Crippen LogP contribution in [0.2, 0.25) is 0 Å². The molecule has 0 spiro atoms. The summed E-state index contributed by atoms with van der Waals surface area (Å²) >= 11 is 0. The fourth-order valence-corrected chi connectivity index (χ4v) is 1.35. The second-order valence-corrected chi connectivity index (χ2v) is 3.49. The minimum absolute atomic E-state index is 0.0306. The van der Waals surface area contributed by atoms with Gasteiger partial charge in [-0.25, -0.2) is 0 Å². The molecule has 0 saturated heterocycles. The second-order valence-electron chi connectivity index (χ2n) is 3.49. The van der Waals surface area contributed by atoms with E-state index < -0.39 is 0 Å². The van der Waals surface area contributed by atoms with Gasteiger partial charge in [0.05, 0.1) is 12.6 Å². The highest BCUT2D eigenvalue weighted by Gasteiger charge is 2.26. The first-order valence-electron chi connectivity index (χ1n) is 4.63. The molecule has 1 rings (SSSR count). The minimum Gasteiger partial charge on any atom is -0.394 e. The molecule has 3 nitrogen and oxygen atoms in total. The molecule has 0 unspecified atom stereocenters. The number of nitrogens with zero attached hydrogens (tertiary/aromatic N) is 1. The molecule has 0 aliphatic heterocycles. The van der Waals surface area contributed by atoms with Crippen LogP contribution in [0.15, 0.2) is 0 Å². The number of hydrogen-bond donors (Lipinski definition) is 1. The Balaban J connectivity index is 2.34. The van der Waals surface area contributed by atoms with Crippen LogP contribution in [0.5, 0.6) is 0 Å². The van der Waals surface area contributed by atoms with Crippen LogP contribution in [0.4, 0.5) is 0 Å². The lowest BCUT2D eigenvalue weighted by Crippen LogP contribution is -2.37. The zero-order valence-electron chi connectivity index (χ0n) is 7.57.